The Morgan fingerprint density at radius 2 is 1.74 bits per heavy atom. The molecule has 0 unspecified atom stereocenters. The Morgan fingerprint density at radius 1 is 1.09 bits per heavy atom. The molecule has 0 aromatic carbocycles. The third-order valence-electron chi connectivity index (χ3n) is 6.42. The molecule has 132 valence electrons. The molecular formula is C18H34N4O. The standard InChI is InChI=1S/C18H34N4O/c19-8-2-1-5-16(20)17(23)22-11-6-18(7-12-22)13-15(14-18)21-9-3-4-10-21/h15-16H,1-14,19-20H2/t16-/m1/s1. The predicted molar refractivity (Wildman–Crippen MR) is 93.0 cm³/mol. The minimum atomic E-state index is -0.325. The SMILES string of the molecule is NCCCC[C@@H](N)C(=O)N1CCC2(CC1)CC(N1CCCC1)C2. The zero-order valence-corrected chi connectivity index (χ0v) is 14.5. The maximum absolute atomic E-state index is 12.4. The lowest BCUT2D eigenvalue weighted by Gasteiger charge is -2.55. The van der Waals surface area contributed by atoms with Gasteiger partial charge in [-0.3, -0.25) is 4.79 Å². The number of piperidine rings is 1. The Balaban J connectivity index is 1.39. The number of nitrogens with zero attached hydrogens (tertiary/aromatic N) is 2. The monoisotopic (exact) mass is 322 g/mol. The van der Waals surface area contributed by atoms with E-state index in [1.165, 1.54) is 51.6 Å². The van der Waals surface area contributed by atoms with Gasteiger partial charge in [-0.25, -0.2) is 0 Å². The molecule has 1 aliphatic carbocycles. The molecule has 2 heterocycles. The first kappa shape index (κ1) is 17.2. The molecule has 0 aromatic rings. The van der Waals surface area contributed by atoms with Gasteiger partial charge in [-0.15, -0.1) is 0 Å². The van der Waals surface area contributed by atoms with Crippen LogP contribution in [0.3, 0.4) is 0 Å². The van der Waals surface area contributed by atoms with E-state index in [1.54, 1.807) is 0 Å². The Labute approximate surface area is 140 Å². The summed E-state index contributed by atoms with van der Waals surface area (Å²) >= 11 is 0. The molecule has 1 saturated carbocycles. The van der Waals surface area contributed by atoms with Crippen molar-refractivity contribution in [3.8, 4) is 0 Å². The van der Waals surface area contributed by atoms with Gasteiger partial charge >= 0.3 is 0 Å². The van der Waals surface area contributed by atoms with E-state index in [-0.39, 0.29) is 11.9 Å². The van der Waals surface area contributed by atoms with Crippen LogP contribution in [-0.4, -0.2) is 60.5 Å². The second kappa shape index (κ2) is 7.49. The van der Waals surface area contributed by atoms with Crippen LogP contribution in [0, 0.1) is 5.41 Å². The van der Waals surface area contributed by atoms with Crippen molar-refractivity contribution >= 4 is 5.91 Å². The van der Waals surface area contributed by atoms with E-state index in [4.69, 9.17) is 11.5 Å². The Morgan fingerprint density at radius 3 is 2.35 bits per heavy atom. The summed E-state index contributed by atoms with van der Waals surface area (Å²) in [7, 11) is 0. The highest BCUT2D eigenvalue weighted by Crippen LogP contribution is 2.51. The van der Waals surface area contributed by atoms with Gasteiger partial charge in [0.15, 0.2) is 0 Å². The molecule has 5 heteroatoms. The number of carbonyl (C=O) groups excluding carboxylic acids is 1. The largest absolute Gasteiger partial charge is 0.341 e. The van der Waals surface area contributed by atoms with Crippen LogP contribution in [0.4, 0.5) is 0 Å². The van der Waals surface area contributed by atoms with Gasteiger partial charge in [0.2, 0.25) is 5.91 Å². The second-order valence-corrected chi connectivity index (χ2v) is 8.02. The highest BCUT2D eigenvalue weighted by atomic mass is 16.2. The number of amides is 1. The quantitative estimate of drug-likeness (QED) is 0.723. The lowest BCUT2D eigenvalue weighted by atomic mass is 9.60. The molecule has 1 atom stereocenters. The second-order valence-electron chi connectivity index (χ2n) is 8.02. The summed E-state index contributed by atoms with van der Waals surface area (Å²) in [5, 5.41) is 0. The van der Waals surface area contributed by atoms with Crippen LogP contribution in [0.5, 0.6) is 0 Å². The molecule has 0 radical (unpaired) electrons. The number of carbonyl (C=O) groups is 1. The number of rotatable bonds is 6. The molecule has 1 spiro atoms. The topological polar surface area (TPSA) is 75.6 Å². The van der Waals surface area contributed by atoms with Crippen LogP contribution in [0.15, 0.2) is 0 Å². The Hall–Kier alpha value is -0.650. The molecule has 1 amide bonds. The van der Waals surface area contributed by atoms with Crippen LogP contribution in [0.1, 0.15) is 57.8 Å². The van der Waals surface area contributed by atoms with E-state index in [0.717, 1.165) is 38.4 Å². The fourth-order valence-electron chi connectivity index (χ4n) is 4.78. The molecule has 4 N–H and O–H groups in total. The van der Waals surface area contributed by atoms with Gasteiger partial charge in [0.1, 0.15) is 0 Å². The van der Waals surface area contributed by atoms with E-state index in [2.05, 4.69) is 4.90 Å². The summed E-state index contributed by atoms with van der Waals surface area (Å²) in [6.07, 6.45) is 10.5. The molecule has 3 aliphatic rings. The average molecular weight is 322 g/mol. The third-order valence-corrected chi connectivity index (χ3v) is 6.42. The van der Waals surface area contributed by atoms with Crippen molar-refractivity contribution in [2.24, 2.45) is 16.9 Å². The zero-order valence-electron chi connectivity index (χ0n) is 14.5. The summed E-state index contributed by atoms with van der Waals surface area (Å²) in [4.78, 5) is 17.2. The molecule has 2 saturated heterocycles. The summed E-state index contributed by atoms with van der Waals surface area (Å²) in [6.45, 7) is 5.13. The summed E-state index contributed by atoms with van der Waals surface area (Å²) in [6, 6.07) is 0.507. The lowest BCUT2D eigenvalue weighted by molar-refractivity contribution is -0.137. The minimum absolute atomic E-state index is 0.160. The van der Waals surface area contributed by atoms with Crippen LogP contribution in [0.25, 0.3) is 0 Å². The maximum Gasteiger partial charge on any atom is 0.239 e. The normalized spacial score (nSPS) is 26.4. The van der Waals surface area contributed by atoms with Crippen molar-refractivity contribution in [2.75, 3.05) is 32.7 Å². The van der Waals surface area contributed by atoms with Crippen molar-refractivity contribution in [3.63, 3.8) is 0 Å². The van der Waals surface area contributed by atoms with E-state index < -0.39 is 0 Å². The van der Waals surface area contributed by atoms with E-state index in [1.807, 2.05) is 4.90 Å². The van der Waals surface area contributed by atoms with Gasteiger partial charge in [-0.1, -0.05) is 6.42 Å². The van der Waals surface area contributed by atoms with Crippen molar-refractivity contribution < 1.29 is 4.79 Å². The minimum Gasteiger partial charge on any atom is -0.341 e. The van der Waals surface area contributed by atoms with Crippen molar-refractivity contribution in [3.05, 3.63) is 0 Å². The van der Waals surface area contributed by atoms with Gasteiger partial charge in [0.25, 0.3) is 0 Å². The van der Waals surface area contributed by atoms with Gasteiger partial charge < -0.3 is 21.3 Å². The molecule has 3 rings (SSSR count). The lowest BCUT2D eigenvalue weighted by Crippen LogP contribution is -2.56. The van der Waals surface area contributed by atoms with Gasteiger partial charge in [0, 0.05) is 19.1 Å². The van der Waals surface area contributed by atoms with E-state index in [9.17, 15) is 4.79 Å². The van der Waals surface area contributed by atoms with Crippen LogP contribution >= 0.6 is 0 Å². The summed E-state index contributed by atoms with van der Waals surface area (Å²) < 4.78 is 0. The van der Waals surface area contributed by atoms with Gasteiger partial charge in [-0.05, 0) is 76.4 Å². The zero-order chi connectivity index (χ0) is 16.3. The number of hydrogen-bond donors (Lipinski definition) is 2. The molecule has 23 heavy (non-hydrogen) atoms. The van der Waals surface area contributed by atoms with Crippen molar-refractivity contribution in [2.45, 2.75) is 69.9 Å². The Bertz CT molecular complexity index is 392. The molecule has 0 aromatic heterocycles. The van der Waals surface area contributed by atoms with Gasteiger partial charge in [-0.2, -0.15) is 0 Å². The number of nitrogens with two attached hydrogens (primary N) is 2. The number of hydrogen-bond acceptors (Lipinski definition) is 4. The van der Waals surface area contributed by atoms with Crippen LogP contribution < -0.4 is 11.5 Å². The average Bonchev–Trinajstić information content (AvgIpc) is 3.06. The third kappa shape index (κ3) is 3.89. The first-order valence-electron chi connectivity index (χ1n) is 9.62. The number of unbranched alkanes of at least 4 members (excludes halogenated alkanes) is 1. The first-order valence-corrected chi connectivity index (χ1v) is 9.62. The van der Waals surface area contributed by atoms with Crippen molar-refractivity contribution in [1.82, 2.24) is 9.80 Å². The molecule has 5 nitrogen and oxygen atoms in total. The molecule has 0 bridgehead atoms. The van der Waals surface area contributed by atoms with Crippen molar-refractivity contribution in [1.29, 1.82) is 0 Å². The van der Waals surface area contributed by atoms with Crippen LogP contribution in [-0.2, 0) is 4.79 Å². The maximum atomic E-state index is 12.4. The Kier molecular flexibility index (Phi) is 5.60. The van der Waals surface area contributed by atoms with E-state index in [0.29, 0.717) is 12.0 Å². The van der Waals surface area contributed by atoms with Gasteiger partial charge in [0.05, 0.1) is 6.04 Å². The number of likely N-dealkylation sites (tertiary alicyclic amines) is 2. The first-order chi connectivity index (χ1) is 11.1. The molecular weight excluding hydrogens is 288 g/mol. The highest BCUT2D eigenvalue weighted by molar-refractivity contribution is 5.81. The molecule has 3 fully saturated rings. The summed E-state index contributed by atoms with van der Waals surface area (Å²) in [5.74, 6) is 0.160. The predicted octanol–water partition coefficient (Wildman–Crippen LogP) is 1.31. The smallest absolute Gasteiger partial charge is 0.239 e. The fourth-order valence-corrected chi connectivity index (χ4v) is 4.78. The highest BCUT2D eigenvalue weighted by Gasteiger charge is 2.48. The molecule has 2 aliphatic heterocycles. The van der Waals surface area contributed by atoms with E-state index >= 15 is 0 Å². The fraction of sp³-hybridized carbons (Fsp3) is 0.944. The summed E-state index contributed by atoms with van der Waals surface area (Å²) in [5.41, 5.74) is 12.1. The van der Waals surface area contributed by atoms with Crippen LogP contribution in [0.2, 0.25) is 0 Å².